The summed E-state index contributed by atoms with van der Waals surface area (Å²) >= 11 is 0. The minimum absolute atomic E-state index is 0.0882. The van der Waals surface area contributed by atoms with Crippen molar-refractivity contribution in [1.82, 2.24) is 9.97 Å². The summed E-state index contributed by atoms with van der Waals surface area (Å²) in [5, 5.41) is 11.5. The zero-order valence-electron chi connectivity index (χ0n) is 20.0. The molecular weight excluding hydrogens is 432 g/mol. The molecule has 0 unspecified atom stereocenters. The van der Waals surface area contributed by atoms with Crippen LogP contribution in [0.2, 0.25) is 0 Å². The van der Waals surface area contributed by atoms with E-state index in [0.717, 1.165) is 22.2 Å². The van der Waals surface area contributed by atoms with Gasteiger partial charge in [0.25, 0.3) is 5.95 Å². The number of amidine groups is 1. The van der Waals surface area contributed by atoms with Crippen molar-refractivity contribution >= 4 is 40.4 Å². The number of aliphatic imine (C=N–C) groups is 2. The maximum atomic E-state index is 12.5. The number of nitrogens with zero attached hydrogens (tertiary/aromatic N) is 4. The fourth-order valence-electron chi connectivity index (χ4n) is 3.01. The first kappa shape index (κ1) is 26.0. The van der Waals surface area contributed by atoms with Crippen LogP contribution in [0.25, 0.3) is 16.7 Å². The van der Waals surface area contributed by atoms with E-state index in [4.69, 9.17) is 16.2 Å². The average Bonchev–Trinajstić information content (AvgIpc) is 2.80. The molecule has 0 aliphatic heterocycles. The Bertz CT molecular complexity index is 1250. The molecular formula is C25H30N6O3. The molecule has 0 amide bonds. The molecule has 178 valence electrons. The first-order chi connectivity index (χ1) is 16.3. The van der Waals surface area contributed by atoms with Crippen LogP contribution in [-0.4, -0.2) is 39.4 Å². The van der Waals surface area contributed by atoms with E-state index in [9.17, 15) is 9.90 Å². The molecule has 34 heavy (non-hydrogen) atoms. The van der Waals surface area contributed by atoms with Crippen LogP contribution in [0.4, 0.5) is 5.95 Å². The zero-order chi connectivity index (χ0) is 25.3. The van der Waals surface area contributed by atoms with Gasteiger partial charge in [0.15, 0.2) is 0 Å². The molecule has 9 nitrogen and oxygen atoms in total. The first-order valence-electron chi connectivity index (χ1n) is 10.9. The number of ether oxygens (including phenoxy) is 1. The van der Waals surface area contributed by atoms with Crippen molar-refractivity contribution in [1.29, 1.82) is 0 Å². The number of aliphatic hydroxyl groups excluding tert-OH is 1. The molecule has 0 bridgehead atoms. The minimum Gasteiger partial charge on any atom is -0.506 e. The summed E-state index contributed by atoms with van der Waals surface area (Å²) < 4.78 is 5.02. The standard InChI is InChI=1S/C23H24N6O3.C2H6/c1-4-32-21(31)18(19(30)15-8-6-5-7-9-15)20(24)28-22(25)29-23-26-14(3)16-11-10-13(2)12-17(16)27-23;1-2/h5-12,30H,4H2,1-3H3,(H4,24,25,26,27,28,29);1-2H3/b19-18+;. The second kappa shape index (κ2) is 12.1. The number of nitrogens with two attached hydrogens (primary N) is 2. The molecule has 0 radical (unpaired) electrons. The Morgan fingerprint density at radius 3 is 2.38 bits per heavy atom. The van der Waals surface area contributed by atoms with Gasteiger partial charge in [-0.25, -0.2) is 14.8 Å². The molecule has 0 saturated heterocycles. The lowest BCUT2D eigenvalue weighted by Crippen LogP contribution is -2.27. The Kier molecular flexibility index (Phi) is 9.25. The van der Waals surface area contributed by atoms with Crippen molar-refractivity contribution in [2.24, 2.45) is 21.5 Å². The summed E-state index contributed by atoms with van der Waals surface area (Å²) in [7, 11) is 0. The monoisotopic (exact) mass is 462 g/mol. The summed E-state index contributed by atoms with van der Waals surface area (Å²) in [6, 6.07) is 14.3. The predicted octanol–water partition coefficient (Wildman–Crippen LogP) is 4.11. The van der Waals surface area contributed by atoms with Gasteiger partial charge in [-0.2, -0.15) is 9.98 Å². The van der Waals surface area contributed by atoms with Gasteiger partial charge in [0, 0.05) is 10.9 Å². The van der Waals surface area contributed by atoms with Gasteiger partial charge in [0.2, 0.25) is 5.96 Å². The number of fused-ring (bicyclic) bond motifs is 1. The fourth-order valence-corrected chi connectivity index (χ4v) is 3.01. The van der Waals surface area contributed by atoms with Crippen LogP contribution in [0, 0.1) is 13.8 Å². The largest absolute Gasteiger partial charge is 0.506 e. The molecule has 3 aromatic rings. The van der Waals surface area contributed by atoms with E-state index >= 15 is 0 Å². The van der Waals surface area contributed by atoms with E-state index in [1.54, 1.807) is 37.3 Å². The van der Waals surface area contributed by atoms with Crippen LogP contribution >= 0.6 is 0 Å². The summed E-state index contributed by atoms with van der Waals surface area (Å²) in [4.78, 5) is 29.3. The van der Waals surface area contributed by atoms with Crippen LogP contribution in [0.5, 0.6) is 0 Å². The van der Waals surface area contributed by atoms with E-state index in [-0.39, 0.29) is 35.7 Å². The highest BCUT2D eigenvalue weighted by Gasteiger charge is 2.22. The number of esters is 1. The van der Waals surface area contributed by atoms with Gasteiger partial charge >= 0.3 is 5.97 Å². The van der Waals surface area contributed by atoms with Gasteiger partial charge in [-0.15, -0.1) is 0 Å². The average molecular weight is 463 g/mol. The topological polar surface area (TPSA) is 149 Å². The number of hydrogen-bond donors (Lipinski definition) is 3. The van der Waals surface area contributed by atoms with Gasteiger partial charge in [-0.1, -0.05) is 56.3 Å². The van der Waals surface area contributed by atoms with Crippen molar-refractivity contribution in [3.63, 3.8) is 0 Å². The minimum atomic E-state index is -0.837. The van der Waals surface area contributed by atoms with Gasteiger partial charge < -0.3 is 21.3 Å². The number of aryl methyl sites for hydroxylation is 2. The third-order valence-electron chi connectivity index (χ3n) is 4.50. The quantitative estimate of drug-likeness (QED) is 0.170. The molecule has 1 aromatic heterocycles. The fraction of sp³-hybridized carbons (Fsp3) is 0.240. The molecule has 9 heteroatoms. The zero-order valence-corrected chi connectivity index (χ0v) is 20.0. The normalized spacial score (nSPS) is 12.5. The van der Waals surface area contributed by atoms with Crippen LogP contribution in [0.3, 0.4) is 0 Å². The third kappa shape index (κ3) is 6.38. The van der Waals surface area contributed by atoms with E-state index in [2.05, 4.69) is 20.0 Å². The summed E-state index contributed by atoms with van der Waals surface area (Å²) in [5.74, 6) is -1.75. The Morgan fingerprint density at radius 1 is 1.06 bits per heavy atom. The smallest absolute Gasteiger partial charge is 0.345 e. The summed E-state index contributed by atoms with van der Waals surface area (Å²) in [6.45, 7) is 9.53. The molecule has 0 atom stereocenters. The molecule has 0 saturated carbocycles. The SMILES string of the molecule is CC.CCOC(=O)C(/C(N)=N\C(N)=N\c1nc(C)c2ccc(C)cc2n1)=C(/O)c1ccccc1. The lowest BCUT2D eigenvalue weighted by Gasteiger charge is -2.10. The van der Waals surface area contributed by atoms with Crippen LogP contribution < -0.4 is 11.5 Å². The molecule has 3 rings (SSSR count). The van der Waals surface area contributed by atoms with Gasteiger partial charge in [-0.05, 0) is 32.4 Å². The lowest BCUT2D eigenvalue weighted by atomic mass is 10.1. The molecule has 0 fully saturated rings. The molecule has 0 aliphatic rings. The highest BCUT2D eigenvalue weighted by Crippen LogP contribution is 2.20. The van der Waals surface area contributed by atoms with Crippen molar-refractivity contribution in [3.8, 4) is 0 Å². The molecule has 5 N–H and O–H groups in total. The Labute approximate surface area is 198 Å². The number of carbonyl (C=O) groups excluding carboxylic acids is 1. The van der Waals surface area contributed by atoms with Gasteiger partial charge in [0.1, 0.15) is 17.2 Å². The highest BCUT2D eigenvalue weighted by molar-refractivity contribution is 6.24. The molecule has 0 aliphatic carbocycles. The number of hydrogen-bond acceptors (Lipinski definition) is 6. The third-order valence-corrected chi connectivity index (χ3v) is 4.50. The van der Waals surface area contributed by atoms with Crippen LogP contribution in [0.15, 0.2) is 64.1 Å². The van der Waals surface area contributed by atoms with Crippen molar-refractivity contribution in [3.05, 3.63) is 70.9 Å². The van der Waals surface area contributed by atoms with Gasteiger partial charge in [0.05, 0.1) is 17.8 Å². The molecule has 1 heterocycles. The van der Waals surface area contributed by atoms with E-state index in [1.807, 2.05) is 45.9 Å². The van der Waals surface area contributed by atoms with E-state index < -0.39 is 5.97 Å². The molecule has 2 aromatic carbocycles. The van der Waals surface area contributed by atoms with Crippen LogP contribution in [0.1, 0.15) is 37.6 Å². The maximum Gasteiger partial charge on any atom is 0.345 e. The Hall–Kier alpha value is -4.27. The first-order valence-corrected chi connectivity index (χ1v) is 10.9. The second-order valence-corrected chi connectivity index (χ2v) is 6.91. The van der Waals surface area contributed by atoms with Crippen molar-refractivity contribution < 1.29 is 14.6 Å². The maximum absolute atomic E-state index is 12.5. The number of rotatable bonds is 5. The number of guanidine groups is 1. The van der Waals surface area contributed by atoms with Gasteiger partial charge in [-0.3, -0.25) is 0 Å². The predicted molar refractivity (Wildman–Crippen MR) is 136 cm³/mol. The van der Waals surface area contributed by atoms with Crippen LogP contribution in [-0.2, 0) is 9.53 Å². The van der Waals surface area contributed by atoms with Crippen molar-refractivity contribution in [2.45, 2.75) is 34.6 Å². The number of benzene rings is 2. The lowest BCUT2D eigenvalue weighted by molar-refractivity contribution is -0.137. The number of aliphatic hydroxyl groups is 1. The number of aromatic nitrogens is 2. The molecule has 0 spiro atoms. The summed E-state index contributed by atoms with van der Waals surface area (Å²) in [6.07, 6.45) is 0. The Balaban J connectivity index is 0.00000199. The highest BCUT2D eigenvalue weighted by atomic mass is 16.5. The summed E-state index contributed by atoms with van der Waals surface area (Å²) in [5.41, 5.74) is 14.5. The van der Waals surface area contributed by atoms with Crippen molar-refractivity contribution in [2.75, 3.05) is 6.61 Å². The second-order valence-electron chi connectivity index (χ2n) is 6.91. The van der Waals surface area contributed by atoms with E-state index in [1.165, 1.54) is 0 Å². The Morgan fingerprint density at radius 2 is 1.74 bits per heavy atom. The van der Waals surface area contributed by atoms with E-state index in [0.29, 0.717) is 5.56 Å². The number of carbonyl (C=O) groups is 1.